The molecule has 0 bridgehead atoms. The second-order valence-electron chi connectivity index (χ2n) is 5.68. The van der Waals surface area contributed by atoms with Crippen molar-refractivity contribution in [1.82, 2.24) is 9.88 Å². The topological polar surface area (TPSA) is 54.9 Å². The van der Waals surface area contributed by atoms with Crippen molar-refractivity contribution in [2.45, 2.75) is 0 Å². The van der Waals surface area contributed by atoms with E-state index in [1.54, 1.807) is 24.5 Å². The fourth-order valence-electron chi connectivity index (χ4n) is 3.00. The number of piperazine rings is 1. The monoisotopic (exact) mass is 345 g/mol. The Morgan fingerprint density at radius 1 is 1.08 bits per heavy atom. The highest BCUT2D eigenvalue weighted by molar-refractivity contribution is 6.32. The maximum atomic E-state index is 12.7. The van der Waals surface area contributed by atoms with Gasteiger partial charge in [0.1, 0.15) is 0 Å². The number of ether oxygens (including phenoxy) is 2. The minimum atomic E-state index is -0.0374. The van der Waals surface area contributed by atoms with E-state index in [0.717, 1.165) is 18.8 Å². The quantitative estimate of drug-likeness (QED) is 0.836. The number of rotatable bonds is 2. The molecule has 0 unspecified atom stereocenters. The third-order valence-corrected chi connectivity index (χ3v) is 4.55. The molecule has 1 fully saturated rings. The maximum absolute atomic E-state index is 12.7. The summed E-state index contributed by atoms with van der Waals surface area (Å²) >= 11 is 6.17. The minimum absolute atomic E-state index is 0.0374. The van der Waals surface area contributed by atoms with Gasteiger partial charge in [0.15, 0.2) is 11.5 Å². The molecule has 2 aliphatic rings. The first-order valence-electron chi connectivity index (χ1n) is 7.76. The van der Waals surface area contributed by atoms with Crippen LogP contribution < -0.4 is 14.4 Å². The molecule has 1 saturated heterocycles. The number of anilines is 1. The van der Waals surface area contributed by atoms with Crippen LogP contribution in [0.2, 0.25) is 5.02 Å². The zero-order valence-corrected chi connectivity index (χ0v) is 13.7. The van der Waals surface area contributed by atoms with Crippen LogP contribution in [-0.2, 0) is 0 Å². The first-order valence-corrected chi connectivity index (χ1v) is 8.13. The van der Waals surface area contributed by atoms with E-state index in [1.165, 1.54) is 0 Å². The Kier molecular flexibility index (Phi) is 3.90. The van der Waals surface area contributed by atoms with Gasteiger partial charge < -0.3 is 19.3 Å². The smallest absolute Gasteiger partial charge is 0.254 e. The number of carbonyl (C=O) groups is 1. The Morgan fingerprint density at radius 2 is 1.83 bits per heavy atom. The summed E-state index contributed by atoms with van der Waals surface area (Å²) in [5.41, 5.74) is 1.66. The predicted octanol–water partition coefficient (Wildman–Crippen LogP) is 2.43. The number of pyridine rings is 1. The molecule has 3 heterocycles. The zero-order chi connectivity index (χ0) is 16.5. The molecular formula is C17H16ClN3O3. The van der Waals surface area contributed by atoms with Crippen molar-refractivity contribution in [3.05, 3.63) is 47.2 Å². The van der Waals surface area contributed by atoms with Crippen LogP contribution in [0, 0.1) is 0 Å². The standard InChI is InChI=1S/C17H16ClN3O3/c18-14-9-12(10-15-16(14)24-11-23-15)17(22)21-7-5-20(6-8-21)13-1-3-19-4-2-13/h1-4,9-10H,5-8,11H2. The zero-order valence-electron chi connectivity index (χ0n) is 12.9. The van der Waals surface area contributed by atoms with Gasteiger partial charge in [-0.3, -0.25) is 9.78 Å². The summed E-state index contributed by atoms with van der Waals surface area (Å²) in [5.74, 6) is 1.00. The van der Waals surface area contributed by atoms with Gasteiger partial charge >= 0.3 is 0 Å². The highest BCUT2D eigenvalue weighted by Gasteiger charge is 2.26. The van der Waals surface area contributed by atoms with E-state index >= 15 is 0 Å². The summed E-state index contributed by atoms with van der Waals surface area (Å²) in [4.78, 5) is 20.9. The van der Waals surface area contributed by atoms with Crippen LogP contribution in [-0.4, -0.2) is 48.8 Å². The Bertz CT molecular complexity index is 761. The van der Waals surface area contributed by atoms with Gasteiger partial charge in [0, 0.05) is 49.8 Å². The highest BCUT2D eigenvalue weighted by atomic mass is 35.5. The highest BCUT2D eigenvalue weighted by Crippen LogP contribution is 2.40. The van der Waals surface area contributed by atoms with E-state index in [0.29, 0.717) is 35.2 Å². The van der Waals surface area contributed by atoms with Gasteiger partial charge in [0.2, 0.25) is 6.79 Å². The maximum Gasteiger partial charge on any atom is 0.254 e. The van der Waals surface area contributed by atoms with Gasteiger partial charge in [0.05, 0.1) is 5.02 Å². The number of halogens is 1. The van der Waals surface area contributed by atoms with Crippen LogP contribution in [0.5, 0.6) is 11.5 Å². The molecule has 4 rings (SSSR count). The molecule has 0 aliphatic carbocycles. The lowest BCUT2D eigenvalue weighted by Crippen LogP contribution is -2.48. The van der Waals surface area contributed by atoms with Gasteiger partial charge in [-0.2, -0.15) is 0 Å². The first-order chi connectivity index (χ1) is 11.7. The Morgan fingerprint density at radius 3 is 2.58 bits per heavy atom. The summed E-state index contributed by atoms with van der Waals surface area (Å²) in [6, 6.07) is 7.31. The summed E-state index contributed by atoms with van der Waals surface area (Å²) in [6.45, 7) is 3.03. The molecule has 24 heavy (non-hydrogen) atoms. The molecule has 0 saturated carbocycles. The summed E-state index contributed by atoms with van der Waals surface area (Å²) in [7, 11) is 0. The Balaban J connectivity index is 1.46. The summed E-state index contributed by atoms with van der Waals surface area (Å²) in [6.07, 6.45) is 3.56. The molecule has 2 aromatic rings. The van der Waals surface area contributed by atoms with Crippen molar-refractivity contribution < 1.29 is 14.3 Å². The van der Waals surface area contributed by atoms with Crippen molar-refractivity contribution in [1.29, 1.82) is 0 Å². The van der Waals surface area contributed by atoms with Gasteiger partial charge in [-0.1, -0.05) is 11.6 Å². The van der Waals surface area contributed by atoms with Gasteiger partial charge in [-0.15, -0.1) is 0 Å². The van der Waals surface area contributed by atoms with Crippen molar-refractivity contribution in [2.75, 3.05) is 37.9 Å². The van der Waals surface area contributed by atoms with E-state index in [4.69, 9.17) is 21.1 Å². The van der Waals surface area contributed by atoms with Crippen LogP contribution in [0.4, 0.5) is 5.69 Å². The van der Waals surface area contributed by atoms with Crippen LogP contribution in [0.1, 0.15) is 10.4 Å². The lowest BCUT2D eigenvalue weighted by molar-refractivity contribution is 0.0746. The average molecular weight is 346 g/mol. The third-order valence-electron chi connectivity index (χ3n) is 4.27. The largest absolute Gasteiger partial charge is 0.454 e. The molecule has 124 valence electrons. The van der Waals surface area contributed by atoms with Crippen LogP contribution in [0.25, 0.3) is 0 Å². The van der Waals surface area contributed by atoms with Crippen LogP contribution >= 0.6 is 11.6 Å². The van der Waals surface area contributed by atoms with Crippen molar-refractivity contribution in [2.24, 2.45) is 0 Å². The lowest BCUT2D eigenvalue weighted by atomic mass is 10.1. The van der Waals surface area contributed by atoms with E-state index in [2.05, 4.69) is 9.88 Å². The lowest BCUT2D eigenvalue weighted by Gasteiger charge is -2.36. The number of hydrogen-bond acceptors (Lipinski definition) is 5. The molecule has 0 radical (unpaired) electrons. The van der Waals surface area contributed by atoms with E-state index in [-0.39, 0.29) is 12.7 Å². The predicted molar refractivity (Wildman–Crippen MR) is 89.9 cm³/mol. The van der Waals surface area contributed by atoms with Crippen molar-refractivity contribution in [3.8, 4) is 11.5 Å². The molecule has 0 spiro atoms. The molecule has 7 heteroatoms. The SMILES string of the molecule is O=C(c1cc(Cl)c2c(c1)OCO2)N1CCN(c2ccncc2)CC1. The van der Waals surface area contributed by atoms with Gasteiger partial charge in [-0.05, 0) is 24.3 Å². The normalized spacial score (nSPS) is 16.4. The van der Waals surface area contributed by atoms with Gasteiger partial charge in [-0.25, -0.2) is 0 Å². The number of benzene rings is 1. The molecule has 2 aliphatic heterocycles. The second-order valence-corrected chi connectivity index (χ2v) is 6.08. The van der Waals surface area contributed by atoms with E-state index < -0.39 is 0 Å². The number of carbonyl (C=O) groups excluding carboxylic acids is 1. The fourth-order valence-corrected chi connectivity index (χ4v) is 3.26. The number of aromatic nitrogens is 1. The number of hydrogen-bond donors (Lipinski definition) is 0. The number of fused-ring (bicyclic) bond motifs is 1. The van der Waals surface area contributed by atoms with Gasteiger partial charge in [0.25, 0.3) is 5.91 Å². The third kappa shape index (κ3) is 2.73. The van der Waals surface area contributed by atoms with Crippen LogP contribution in [0.15, 0.2) is 36.7 Å². The van der Waals surface area contributed by atoms with Crippen molar-refractivity contribution in [3.63, 3.8) is 0 Å². The van der Waals surface area contributed by atoms with Crippen molar-refractivity contribution >= 4 is 23.2 Å². The molecule has 1 amide bonds. The van der Waals surface area contributed by atoms with E-state index in [9.17, 15) is 4.79 Å². The molecule has 1 aromatic heterocycles. The fraction of sp³-hybridized carbons (Fsp3) is 0.294. The molecule has 1 aromatic carbocycles. The Labute approximate surface area is 144 Å². The molecule has 6 nitrogen and oxygen atoms in total. The van der Waals surface area contributed by atoms with Crippen LogP contribution in [0.3, 0.4) is 0 Å². The first kappa shape index (κ1) is 15.1. The Hall–Kier alpha value is -2.47. The molecule has 0 atom stereocenters. The second kappa shape index (κ2) is 6.20. The molecule has 0 N–H and O–H groups in total. The summed E-state index contributed by atoms with van der Waals surface area (Å²) < 4.78 is 10.6. The molecular weight excluding hydrogens is 330 g/mol. The number of amides is 1. The summed E-state index contributed by atoms with van der Waals surface area (Å²) in [5, 5.41) is 0.406. The average Bonchev–Trinajstić information content (AvgIpc) is 3.11. The minimum Gasteiger partial charge on any atom is -0.454 e. The van der Waals surface area contributed by atoms with E-state index in [1.807, 2.05) is 17.0 Å². The number of nitrogens with zero attached hydrogens (tertiary/aromatic N) is 3.